The second kappa shape index (κ2) is 40.0. The third-order valence-corrected chi connectivity index (χ3v) is 9.73. The summed E-state index contributed by atoms with van der Waals surface area (Å²) in [6.45, 7) is 2.38. The SMILES string of the molecule is CCCCCCCC/C=C\C/C=C\C/C=C\CCCC(=O)OC[C@H](COP(=O)(O)OC[C@H](N)C(=O)O)OC(=O)CCC/C=C\C/C=C\C/C=C\C/C=C\CC[C@H](O)CC. The van der Waals surface area contributed by atoms with Crippen LogP contribution in [0.1, 0.15) is 149 Å². The normalized spacial score (nSPS) is 15.1. The summed E-state index contributed by atoms with van der Waals surface area (Å²) < 4.78 is 32.5. The molecule has 59 heavy (non-hydrogen) atoms. The number of carboxylic acids is 1. The fraction of sp³-hybridized carbons (Fsp3) is 0.630. The lowest BCUT2D eigenvalue weighted by Gasteiger charge is -2.20. The third-order valence-electron chi connectivity index (χ3n) is 8.78. The molecule has 0 aromatic rings. The second-order valence-electron chi connectivity index (χ2n) is 14.3. The molecule has 0 heterocycles. The first-order valence-corrected chi connectivity index (χ1v) is 23.2. The average Bonchev–Trinajstić information content (AvgIpc) is 3.21. The molecule has 4 atom stereocenters. The molecule has 5 N–H and O–H groups in total. The molecule has 0 radical (unpaired) electrons. The van der Waals surface area contributed by atoms with Crippen molar-refractivity contribution in [3.63, 3.8) is 0 Å². The molecule has 1 unspecified atom stereocenters. The molecule has 336 valence electrons. The van der Waals surface area contributed by atoms with E-state index in [4.69, 9.17) is 24.8 Å². The van der Waals surface area contributed by atoms with Crippen LogP contribution in [-0.2, 0) is 37.5 Å². The maximum Gasteiger partial charge on any atom is 0.472 e. The van der Waals surface area contributed by atoms with Crippen LogP contribution < -0.4 is 5.73 Å². The van der Waals surface area contributed by atoms with Crippen LogP contribution in [-0.4, -0.2) is 71.1 Å². The predicted molar refractivity (Wildman–Crippen MR) is 236 cm³/mol. The van der Waals surface area contributed by atoms with Crippen LogP contribution in [0.25, 0.3) is 0 Å². The monoisotopic (exact) mass is 850 g/mol. The van der Waals surface area contributed by atoms with Crippen molar-refractivity contribution < 1.29 is 52.6 Å². The molecule has 0 aromatic heterocycles. The fourth-order valence-corrected chi connectivity index (χ4v) is 5.95. The van der Waals surface area contributed by atoms with E-state index in [-0.39, 0.29) is 18.9 Å². The van der Waals surface area contributed by atoms with Gasteiger partial charge in [0.05, 0.1) is 19.3 Å². The summed E-state index contributed by atoms with van der Waals surface area (Å²) in [7, 11) is -4.76. The number of hydrogen-bond acceptors (Lipinski definition) is 10. The van der Waals surface area contributed by atoms with Gasteiger partial charge in [0.15, 0.2) is 6.10 Å². The molecule has 0 amide bonds. The fourth-order valence-electron chi connectivity index (χ4n) is 5.17. The van der Waals surface area contributed by atoms with Crippen molar-refractivity contribution >= 4 is 25.7 Å². The van der Waals surface area contributed by atoms with E-state index in [2.05, 4.69) is 72.2 Å². The molecular weight excluding hydrogens is 773 g/mol. The Morgan fingerprint density at radius 3 is 1.54 bits per heavy atom. The summed E-state index contributed by atoms with van der Waals surface area (Å²) in [5, 5.41) is 18.4. The number of nitrogens with two attached hydrogens (primary N) is 1. The summed E-state index contributed by atoms with van der Waals surface area (Å²) in [4.78, 5) is 45.9. The minimum Gasteiger partial charge on any atom is -0.480 e. The van der Waals surface area contributed by atoms with Crippen molar-refractivity contribution in [2.75, 3.05) is 19.8 Å². The number of carboxylic acid groups (broad SMARTS) is 1. The van der Waals surface area contributed by atoms with Crippen LogP contribution in [0, 0.1) is 0 Å². The van der Waals surface area contributed by atoms with Crippen LogP contribution >= 0.6 is 7.82 Å². The van der Waals surface area contributed by atoms with Crippen LogP contribution in [0.5, 0.6) is 0 Å². The van der Waals surface area contributed by atoms with Gasteiger partial charge in [-0.1, -0.05) is 131 Å². The summed E-state index contributed by atoms with van der Waals surface area (Å²) in [6.07, 6.45) is 46.1. The molecule has 12 nitrogen and oxygen atoms in total. The van der Waals surface area contributed by atoms with Gasteiger partial charge in [0.2, 0.25) is 0 Å². The van der Waals surface area contributed by atoms with Crippen molar-refractivity contribution in [1.82, 2.24) is 0 Å². The molecule has 0 fully saturated rings. The van der Waals surface area contributed by atoms with Gasteiger partial charge in [-0.2, -0.15) is 0 Å². The number of unbranched alkanes of at least 4 members (excludes halogenated alkanes) is 8. The topological polar surface area (TPSA) is 192 Å². The zero-order chi connectivity index (χ0) is 43.7. The first kappa shape index (κ1) is 55.6. The molecule has 0 aliphatic heterocycles. The van der Waals surface area contributed by atoms with Gasteiger partial charge in [0.25, 0.3) is 0 Å². The van der Waals surface area contributed by atoms with Crippen molar-refractivity contribution in [3.05, 3.63) is 85.1 Å². The maximum absolute atomic E-state index is 12.6. The summed E-state index contributed by atoms with van der Waals surface area (Å²) in [5.41, 5.74) is 5.32. The smallest absolute Gasteiger partial charge is 0.472 e. The minimum absolute atomic E-state index is 0.0568. The Kier molecular flexibility index (Phi) is 37.8. The molecule has 13 heteroatoms. The highest BCUT2D eigenvalue weighted by Crippen LogP contribution is 2.43. The lowest BCUT2D eigenvalue weighted by Crippen LogP contribution is -2.34. The van der Waals surface area contributed by atoms with Gasteiger partial charge in [-0.25, -0.2) is 4.57 Å². The number of phosphoric ester groups is 1. The number of aliphatic carboxylic acids is 1. The van der Waals surface area contributed by atoms with E-state index in [0.717, 1.165) is 57.8 Å². The van der Waals surface area contributed by atoms with Gasteiger partial charge in [0, 0.05) is 12.8 Å². The highest BCUT2D eigenvalue weighted by molar-refractivity contribution is 7.47. The standard InChI is InChI=1S/C46H76NO11P/c1-3-5-6-7-8-9-10-11-12-13-14-18-21-24-27-30-33-36-44(49)55-38-42(39-56-59(53,54)57-40-43(47)46(51)52)58-45(50)37-34-31-28-25-22-19-16-15-17-20-23-26-29-32-35-41(48)4-2/h11-12,14,16-20,24-29,41-43,48H,3-10,13,15,21-23,30-40,47H2,1-2H3,(H,51,52)(H,53,54)/b12-11-,18-14-,19-16-,20-17-,27-24-,28-25-,29-26-/t41-,42-,43+/m1/s1. The van der Waals surface area contributed by atoms with Gasteiger partial charge in [-0.3, -0.25) is 23.4 Å². The predicted octanol–water partition coefficient (Wildman–Crippen LogP) is 10.5. The van der Waals surface area contributed by atoms with E-state index in [1.807, 2.05) is 31.2 Å². The lowest BCUT2D eigenvalue weighted by molar-refractivity contribution is -0.161. The van der Waals surface area contributed by atoms with Crippen LogP contribution in [0.3, 0.4) is 0 Å². The second-order valence-corrected chi connectivity index (χ2v) is 15.7. The van der Waals surface area contributed by atoms with E-state index in [9.17, 15) is 28.9 Å². The minimum atomic E-state index is -4.76. The van der Waals surface area contributed by atoms with Gasteiger partial charge < -0.3 is 30.3 Å². The first-order chi connectivity index (χ1) is 28.5. The van der Waals surface area contributed by atoms with Crippen LogP contribution in [0.2, 0.25) is 0 Å². The Labute approximate surface area is 355 Å². The maximum atomic E-state index is 12.6. The largest absolute Gasteiger partial charge is 0.480 e. The number of phosphoric acid groups is 1. The lowest BCUT2D eigenvalue weighted by atomic mass is 10.1. The van der Waals surface area contributed by atoms with E-state index in [1.54, 1.807) is 0 Å². The van der Waals surface area contributed by atoms with Crippen molar-refractivity contribution in [3.8, 4) is 0 Å². The zero-order valence-corrected chi connectivity index (χ0v) is 36.8. The molecule has 0 bridgehead atoms. The van der Waals surface area contributed by atoms with E-state index >= 15 is 0 Å². The number of aliphatic hydroxyl groups excluding tert-OH is 1. The highest BCUT2D eigenvalue weighted by atomic mass is 31.2. The van der Waals surface area contributed by atoms with Gasteiger partial charge in [-0.05, 0) is 89.9 Å². The molecule has 0 aromatic carbocycles. The number of allylic oxidation sites excluding steroid dienone is 14. The number of hydrogen-bond donors (Lipinski definition) is 4. The van der Waals surface area contributed by atoms with E-state index < -0.39 is 57.7 Å². The van der Waals surface area contributed by atoms with Gasteiger partial charge in [-0.15, -0.1) is 0 Å². The molecule has 0 spiro atoms. The van der Waals surface area contributed by atoms with Crippen molar-refractivity contribution in [2.24, 2.45) is 5.73 Å². The number of aliphatic hydroxyl groups is 1. The Bertz CT molecular complexity index is 1340. The van der Waals surface area contributed by atoms with Crippen molar-refractivity contribution in [1.29, 1.82) is 0 Å². The van der Waals surface area contributed by atoms with Crippen LogP contribution in [0.15, 0.2) is 85.1 Å². The Morgan fingerprint density at radius 2 is 1.03 bits per heavy atom. The van der Waals surface area contributed by atoms with E-state index in [0.29, 0.717) is 25.7 Å². The van der Waals surface area contributed by atoms with Crippen LogP contribution in [0.4, 0.5) is 0 Å². The highest BCUT2D eigenvalue weighted by Gasteiger charge is 2.28. The molecule has 0 rings (SSSR count). The number of rotatable bonds is 39. The third kappa shape index (κ3) is 39.8. The molecule has 0 saturated heterocycles. The first-order valence-electron chi connectivity index (χ1n) is 21.7. The number of esters is 2. The Balaban J connectivity index is 4.57. The summed E-state index contributed by atoms with van der Waals surface area (Å²) in [6, 6.07) is -1.55. The number of ether oxygens (including phenoxy) is 2. The quantitative estimate of drug-likeness (QED) is 0.0198. The summed E-state index contributed by atoms with van der Waals surface area (Å²) in [5.74, 6) is -2.55. The Morgan fingerprint density at radius 1 is 0.593 bits per heavy atom. The molecule has 0 aliphatic carbocycles. The van der Waals surface area contributed by atoms with Gasteiger partial charge >= 0.3 is 25.7 Å². The average molecular weight is 850 g/mol. The summed E-state index contributed by atoms with van der Waals surface area (Å²) >= 11 is 0. The van der Waals surface area contributed by atoms with Gasteiger partial charge in [0.1, 0.15) is 12.6 Å². The molecule has 0 saturated carbocycles. The number of carbonyl (C=O) groups excluding carboxylic acids is 2. The zero-order valence-electron chi connectivity index (χ0n) is 35.9. The van der Waals surface area contributed by atoms with E-state index in [1.165, 1.54) is 38.5 Å². The Hall–Kier alpha value is -3.38. The van der Waals surface area contributed by atoms with Crippen molar-refractivity contribution in [2.45, 2.75) is 167 Å². The molecule has 0 aliphatic rings. The number of carbonyl (C=O) groups is 3. The molecular formula is C46H76NO11P.